The first-order valence-electron chi connectivity index (χ1n) is 7.99. The number of aromatic nitrogens is 2. The Morgan fingerprint density at radius 1 is 1.28 bits per heavy atom. The summed E-state index contributed by atoms with van der Waals surface area (Å²) in [5, 5.41) is 9.88. The fourth-order valence-electron chi connectivity index (χ4n) is 3.15. The van der Waals surface area contributed by atoms with Gasteiger partial charge in [-0.05, 0) is 56.6 Å². The molecule has 8 heteroatoms. The van der Waals surface area contributed by atoms with E-state index in [0.717, 1.165) is 30.5 Å². The number of nitrogens with one attached hydrogen (secondary N) is 1. The largest absolute Gasteiger partial charge is 0.477 e. The van der Waals surface area contributed by atoms with Crippen molar-refractivity contribution in [3.05, 3.63) is 60.9 Å². The zero-order valence-electron chi connectivity index (χ0n) is 13.7. The third-order valence-corrected chi connectivity index (χ3v) is 4.63. The first-order valence-corrected chi connectivity index (χ1v) is 8.36. The molecule has 0 saturated carbocycles. The van der Waals surface area contributed by atoms with Gasteiger partial charge in [-0.3, -0.25) is 9.69 Å². The second-order valence-electron chi connectivity index (χ2n) is 6.14. The highest BCUT2D eigenvalue weighted by molar-refractivity contribution is 6.30. The summed E-state index contributed by atoms with van der Waals surface area (Å²) in [4.78, 5) is 41.2. The van der Waals surface area contributed by atoms with Crippen LogP contribution in [0.2, 0.25) is 5.02 Å². The zero-order valence-corrected chi connectivity index (χ0v) is 14.5. The fraction of sp³-hybridized carbons (Fsp3) is 0.353. The van der Waals surface area contributed by atoms with Crippen LogP contribution >= 0.6 is 11.6 Å². The standard InChI is InChI=1S/C17H18ClN3O4/c1-10-8-11(18)4-5-13(10)21-15(22)12(9-20-6-2-3-7-20)14(16(23)24)19-17(21)25/h4-5,8H,2-3,6-7,9H2,1H3,(H,19,25)(H,23,24). The van der Waals surface area contributed by atoms with Crippen LogP contribution in [0.15, 0.2) is 27.8 Å². The Bertz CT molecular complexity index is 942. The normalized spacial score (nSPS) is 14.8. The molecular weight excluding hydrogens is 346 g/mol. The third-order valence-electron chi connectivity index (χ3n) is 4.39. The summed E-state index contributed by atoms with van der Waals surface area (Å²) in [6.07, 6.45) is 2.02. The Morgan fingerprint density at radius 3 is 2.56 bits per heavy atom. The van der Waals surface area contributed by atoms with Gasteiger partial charge in [0.15, 0.2) is 0 Å². The van der Waals surface area contributed by atoms with E-state index in [1.54, 1.807) is 25.1 Å². The second kappa shape index (κ2) is 6.85. The zero-order chi connectivity index (χ0) is 18.1. The lowest BCUT2D eigenvalue weighted by atomic mass is 10.1. The molecule has 3 rings (SSSR count). The number of rotatable bonds is 4. The Hall–Kier alpha value is -2.38. The number of likely N-dealkylation sites (tertiary alicyclic amines) is 1. The average Bonchev–Trinajstić information content (AvgIpc) is 3.04. The maximum absolute atomic E-state index is 13.0. The van der Waals surface area contributed by atoms with Crippen molar-refractivity contribution in [2.75, 3.05) is 13.1 Å². The van der Waals surface area contributed by atoms with Crippen molar-refractivity contribution in [2.24, 2.45) is 0 Å². The number of aryl methyl sites for hydroxylation is 1. The van der Waals surface area contributed by atoms with Crippen molar-refractivity contribution in [3.63, 3.8) is 0 Å². The molecule has 1 fully saturated rings. The van der Waals surface area contributed by atoms with E-state index in [9.17, 15) is 19.5 Å². The maximum atomic E-state index is 13.0. The van der Waals surface area contributed by atoms with Gasteiger partial charge in [0, 0.05) is 11.6 Å². The molecule has 2 N–H and O–H groups in total. The summed E-state index contributed by atoms with van der Waals surface area (Å²) < 4.78 is 0.976. The molecule has 1 aliphatic heterocycles. The van der Waals surface area contributed by atoms with Gasteiger partial charge in [0.1, 0.15) is 5.69 Å². The molecule has 1 aromatic heterocycles. The molecule has 0 radical (unpaired) electrons. The van der Waals surface area contributed by atoms with E-state index in [-0.39, 0.29) is 17.8 Å². The van der Waals surface area contributed by atoms with E-state index >= 15 is 0 Å². The molecule has 0 bridgehead atoms. The van der Waals surface area contributed by atoms with Crippen LogP contribution in [0.5, 0.6) is 0 Å². The Morgan fingerprint density at radius 2 is 1.96 bits per heavy atom. The van der Waals surface area contributed by atoms with Crippen molar-refractivity contribution in [2.45, 2.75) is 26.3 Å². The SMILES string of the molecule is Cc1cc(Cl)ccc1-n1c(=O)[nH]c(C(=O)O)c(CN2CCCC2)c1=O. The lowest BCUT2D eigenvalue weighted by Gasteiger charge is -2.17. The van der Waals surface area contributed by atoms with Gasteiger partial charge in [0.25, 0.3) is 5.56 Å². The van der Waals surface area contributed by atoms with Crippen molar-refractivity contribution >= 4 is 17.6 Å². The second-order valence-corrected chi connectivity index (χ2v) is 6.58. The minimum atomic E-state index is -1.32. The summed E-state index contributed by atoms with van der Waals surface area (Å²) in [5.74, 6) is -1.32. The highest BCUT2D eigenvalue weighted by atomic mass is 35.5. The Labute approximate surface area is 148 Å². The third kappa shape index (κ3) is 3.38. The van der Waals surface area contributed by atoms with Gasteiger partial charge >= 0.3 is 11.7 Å². The molecule has 0 spiro atoms. The van der Waals surface area contributed by atoms with Crippen molar-refractivity contribution in [1.29, 1.82) is 0 Å². The van der Waals surface area contributed by atoms with Gasteiger partial charge in [-0.15, -0.1) is 0 Å². The van der Waals surface area contributed by atoms with E-state index < -0.39 is 17.2 Å². The molecule has 1 aliphatic rings. The molecule has 25 heavy (non-hydrogen) atoms. The highest BCUT2D eigenvalue weighted by Crippen LogP contribution is 2.18. The minimum absolute atomic E-state index is 0.0864. The van der Waals surface area contributed by atoms with E-state index in [1.807, 2.05) is 4.90 Å². The molecule has 2 aromatic rings. The number of benzene rings is 1. The summed E-state index contributed by atoms with van der Waals surface area (Å²) in [5.41, 5.74) is -0.616. The molecule has 0 atom stereocenters. The van der Waals surface area contributed by atoms with Gasteiger partial charge in [-0.25, -0.2) is 14.2 Å². The van der Waals surface area contributed by atoms with Crippen molar-refractivity contribution in [3.8, 4) is 5.69 Å². The minimum Gasteiger partial charge on any atom is -0.477 e. The van der Waals surface area contributed by atoms with Crippen LogP contribution in [0.25, 0.3) is 5.69 Å². The van der Waals surface area contributed by atoms with E-state index in [1.165, 1.54) is 0 Å². The summed E-state index contributed by atoms with van der Waals surface area (Å²) >= 11 is 5.94. The van der Waals surface area contributed by atoms with Gasteiger partial charge in [0.05, 0.1) is 11.3 Å². The van der Waals surface area contributed by atoms with Gasteiger partial charge in [-0.1, -0.05) is 11.6 Å². The monoisotopic (exact) mass is 363 g/mol. The van der Waals surface area contributed by atoms with Crippen molar-refractivity contribution in [1.82, 2.24) is 14.5 Å². The molecular formula is C17H18ClN3O4. The maximum Gasteiger partial charge on any atom is 0.352 e. The highest BCUT2D eigenvalue weighted by Gasteiger charge is 2.23. The van der Waals surface area contributed by atoms with Gasteiger partial charge in [0.2, 0.25) is 0 Å². The number of nitrogens with zero attached hydrogens (tertiary/aromatic N) is 2. The molecule has 0 amide bonds. The lowest BCUT2D eigenvalue weighted by molar-refractivity contribution is 0.0687. The summed E-state index contributed by atoms with van der Waals surface area (Å²) in [6, 6.07) is 4.81. The summed E-state index contributed by atoms with van der Waals surface area (Å²) in [6.45, 7) is 3.54. The molecule has 0 unspecified atom stereocenters. The molecule has 1 saturated heterocycles. The first kappa shape index (κ1) is 17.4. The Kier molecular flexibility index (Phi) is 4.78. The van der Waals surface area contributed by atoms with E-state index in [0.29, 0.717) is 16.3 Å². The van der Waals surface area contributed by atoms with Crippen molar-refractivity contribution < 1.29 is 9.90 Å². The number of carboxylic acids is 1. The van der Waals surface area contributed by atoms with Crippen LogP contribution in [-0.4, -0.2) is 38.6 Å². The predicted molar refractivity (Wildman–Crippen MR) is 93.9 cm³/mol. The van der Waals surface area contributed by atoms with Gasteiger partial charge in [-0.2, -0.15) is 0 Å². The van der Waals surface area contributed by atoms with Gasteiger partial charge < -0.3 is 10.1 Å². The molecule has 1 aromatic carbocycles. The average molecular weight is 364 g/mol. The van der Waals surface area contributed by atoms with Crippen LogP contribution in [0.3, 0.4) is 0 Å². The molecule has 2 heterocycles. The number of H-pyrrole nitrogens is 1. The fourth-order valence-corrected chi connectivity index (χ4v) is 3.38. The molecule has 0 aliphatic carbocycles. The lowest BCUT2D eigenvalue weighted by Crippen LogP contribution is -2.40. The van der Waals surface area contributed by atoms with Crippen LogP contribution < -0.4 is 11.2 Å². The van der Waals surface area contributed by atoms with E-state index in [2.05, 4.69) is 4.98 Å². The van der Waals surface area contributed by atoms with Crippen LogP contribution in [0.4, 0.5) is 0 Å². The Balaban J connectivity index is 2.21. The number of aromatic carboxylic acids is 1. The topological polar surface area (TPSA) is 95.4 Å². The summed E-state index contributed by atoms with van der Waals surface area (Å²) in [7, 11) is 0. The number of carboxylic acid groups (broad SMARTS) is 1. The number of carbonyl (C=O) groups is 1. The number of halogens is 1. The quantitative estimate of drug-likeness (QED) is 0.863. The molecule has 132 valence electrons. The van der Waals surface area contributed by atoms with Crippen LogP contribution in [0, 0.1) is 6.92 Å². The van der Waals surface area contributed by atoms with Crippen LogP contribution in [0.1, 0.15) is 34.5 Å². The van der Waals surface area contributed by atoms with Crippen LogP contribution in [-0.2, 0) is 6.54 Å². The first-order chi connectivity index (χ1) is 11.9. The number of aromatic amines is 1. The predicted octanol–water partition coefficient (Wildman–Crippen LogP) is 1.78. The smallest absolute Gasteiger partial charge is 0.352 e. The van der Waals surface area contributed by atoms with E-state index in [4.69, 9.17) is 11.6 Å². The number of hydrogen-bond acceptors (Lipinski definition) is 4. The number of hydrogen-bond donors (Lipinski definition) is 2. The molecule has 7 nitrogen and oxygen atoms in total.